The van der Waals surface area contributed by atoms with Gasteiger partial charge in [-0.25, -0.2) is 4.79 Å². The number of carbonyl (C=O) groups is 3. The summed E-state index contributed by atoms with van der Waals surface area (Å²) in [6.45, 7) is 1.55. The third-order valence-corrected chi connectivity index (χ3v) is 4.45. The second-order valence-corrected chi connectivity index (χ2v) is 5.69. The van der Waals surface area contributed by atoms with Crippen molar-refractivity contribution in [2.24, 2.45) is 16.8 Å². The summed E-state index contributed by atoms with van der Waals surface area (Å²) in [6, 6.07) is 9.13. The molecule has 1 aromatic carbocycles. The predicted molar refractivity (Wildman–Crippen MR) is 78.2 cm³/mol. The van der Waals surface area contributed by atoms with Crippen molar-refractivity contribution in [3.8, 4) is 0 Å². The van der Waals surface area contributed by atoms with Crippen LogP contribution in [0.5, 0.6) is 0 Å². The minimum atomic E-state index is -1.37. The van der Waals surface area contributed by atoms with E-state index in [4.69, 9.17) is 4.74 Å². The Morgan fingerprint density at radius 2 is 1.86 bits per heavy atom. The smallest absolute Gasteiger partial charge is 0.334 e. The summed E-state index contributed by atoms with van der Waals surface area (Å²) in [5, 5.41) is 0. The number of imide groups is 1. The number of benzene rings is 1. The number of carbonyl (C=O) groups excluding carboxylic acids is 3. The Bertz CT molecular complexity index is 697. The molecule has 0 aromatic heterocycles. The molecule has 2 amide bonds. The van der Waals surface area contributed by atoms with Gasteiger partial charge in [-0.3, -0.25) is 19.5 Å². The number of likely N-dealkylation sites (tertiary alicyclic amines) is 1. The highest BCUT2D eigenvalue weighted by atomic mass is 16.5. The molecule has 0 N–H and O–H groups in total. The first-order valence-electron chi connectivity index (χ1n) is 6.97. The quantitative estimate of drug-likeness (QED) is 0.593. The molecule has 3 rings (SSSR count). The van der Waals surface area contributed by atoms with Crippen LogP contribution in [0, 0.1) is 11.8 Å². The number of hydrogen-bond acceptors (Lipinski definition) is 5. The van der Waals surface area contributed by atoms with Crippen LogP contribution in [0.2, 0.25) is 0 Å². The minimum absolute atomic E-state index is 0.328. The Morgan fingerprint density at radius 1 is 1.23 bits per heavy atom. The van der Waals surface area contributed by atoms with E-state index in [0.29, 0.717) is 5.71 Å². The zero-order valence-corrected chi connectivity index (χ0v) is 12.6. The van der Waals surface area contributed by atoms with E-state index in [-0.39, 0.29) is 5.91 Å². The molecule has 0 radical (unpaired) electrons. The summed E-state index contributed by atoms with van der Waals surface area (Å²) in [5.74, 6) is -2.90. The zero-order valence-electron chi connectivity index (χ0n) is 12.6. The number of methoxy groups -OCH3 is 1. The van der Waals surface area contributed by atoms with Gasteiger partial charge in [0.05, 0.1) is 24.7 Å². The van der Waals surface area contributed by atoms with Crippen molar-refractivity contribution >= 4 is 23.5 Å². The van der Waals surface area contributed by atoms with Crippen molar-refractivity contribution in [3.63, 3.8) is 0 Å². The molecule has 2 heterocycles. The highest BCUT2D eigenvalue weighted by Crippen LogP contribution is 2.44. The first kappa shape index (κ1) is 14.4. The van der Waals surface area contributed by atoms with Gasteiger partial charge in [-0.05, 0) is 12.5 Å². The minimum Gasteiger partial charge on any atom is -0.467 e. The molecule has 3 atom stereocenters. The van der Waals surface area contributed by atoms with Crippen molar-refractivity contribution in [3.05, 3.63) is 35.9 Å². The number of aliphatic imine (C=N–C) groups is 1. The maximum atomic E-state index is 12.5. The lowest BCUT2D eigenvalue weighted by Crippen LogP contribution is -2.44. The number of hydrogen-bond donors (Lipinski definition) is 0. The maximum Gasteiger partial charge on any atom is 0.334 e. The van der Waals surface area contributed by atoms with Gasteiger partial charge in [-0.1, -0.05) is 30.3 Å². The van der Waals surface area contributed by atoms with Crippen LogP contribution >= 0.6 is 0 Å². The third-order valence-electron chi connectivity index (χ3n) is 4.45. The molecule has 1 aromatic rings. The Balaban J connectivity index is 2.18. The van der Waals surface area contributed by atoms with E-state index >= 15 is 0 Å². The van der Waals surface area contributed by atoms with E-state index in [1.54, 1.807) is 6.92 Å². The normalized spacial score (nSPS) is 30.3. The van der Waals surface area contributed by atoms with Crippen molar-refractivity contribution in [2.45, 2.75) is 12.5 Å². The van der Waals surface area contributed by atoms with Gasteiger partial charge in [0.15, 0.2) is 5.54 Å². The summed E-state index contributed by atoms with van der Waals surface area (Å²) in [6.07, 6.45) is 0. The SMILES string of the molecule is COC(=O)[C@]1(C)N=C(c2ccccc2)[C@H]2C(=O)N(C)C(=O)[C@H]21. The molecule has 114 valence electrons. The van der Waals surface area contributed by atoms with Gasteiger partial charge < -0.3 is 4.74 Å². The van der Waals surface area contributed by atoms with Crippen LogP contribution in [-0.4, -0.2) is 48.1 Å². The van der Waals surface area contributed by atoms with Crippen LogP contribution in [0.4, 0.5) is 0 Å². The molecule has 2 aliphatic rings. The molecule has 6 heteroatoms. The van der Waals surface area contributed by atoms with Crippen LogP contribution in [0.1, 0.15) is 12.5 Å². The monoisotopic (exact) mass is 300 g/mol. The van der Waals surface area contributed by atoms with Gasteiger partial charge in [-0.15, -0.1) is 0 Å². The van der Waals surface area contributed by atoms with E-state index in [1.165, 1.54) is 14.2 Å². The number of ether oxygens (including phenoxy) is 1. The third kappa shape index (κ3) is 1.73. The summed E-state index contributed by atoms with van der Waals surface area (Å²) < 4.78 is 4.82. The van der Waals surface area contributed by atoms with E-state index < -0.39 is 29.3 Å². The molecule has 6 nitrogen and oxygen atoms in total. The standard InChI is InChI=1S/C16H16N2O4/c1-16(15(21)22-3)11-10(13(19)18(2)14(11)20)12(17-16)9-7-5-4-6-8-9/h4-8,10-11H,1-3H3/t10-,11-,16+/m0/s1. The molecule has 0 bridgehead atoms. The van der Waals surface area contributed by atoms with Crippen LogP contribution in [-0.2, 0) is 19.1 Å². The van der Waals surface area contributed by atoms with Gasteiger partial charge in [-0.2, -0.15) is 0 Å². The molecular weight excluding hydrogens is 284 g/mol. The van der Waals surface area contributed by atoms with E-state index in [1.807, 2.05) is 30.3 Å². The van der Waals surface area contributed by atoms with Crippen LogP contribution < -0.4 is 0 Å². The Hall–Kier alpha value is -2.50. The zero-order chi connectivity index (χ0) is 16.1. The number of fused-ring (bicyclic) bond motifs is 1. The second kappa shape index (κ2) is 4.76. The summed E-state index contributed by atoms with van der Waals surface area (Å²) >= 11 is 0. The molecular formula is C16H16N2O4. The summed E-state index contributed by atoms with van der Waals surface area (Å²) in [7, 11) is 2.69. The van der Waals surface area contributed by atoms with Gasteiger partial charge in [0.25, 0.3) is 0 Å². The van der Waals surface area contributed by atoms with Crippen molar-refractivity contribution < 1.29 is 19.1 Å². The lowest BCUT2D eigenvalue weighted by atomic mass is 9.79. The number of esters is 1. The van der Waals surface area contributed by atoms with Gasteiger partial charge in [0, 0.05) is 7.05 Å². The summed E-state index contributed by atoms with van der Waals surface area (Å²) in [5.41, 5.74) is -0.162. The van der Waals surface area contributed by atoms with Crippen LogP contribution in [0.3, 0.4) is 0 Å². The molecule has 0 aliphatic carbocycles. The van der Waals surface area contributed by atoms with Crippen molar-refractivity contribution in [1.82, 2.24) is 4.90 Å². The fraction of sp³-hybridized carbons (Fsp3) is 0.375. The molecule has 22 heavy (non-hydrogen) atoms. The van der Waals surface area contributed by atoms with E-state index in [0.717, 1.165) is 10.5 Å². The lowest BCUT2D eigenvalue weighted by Gasteiger charge is -2.23. The number of nitrogens with zero attached hydrogens (tertiary/aromatic N) is 2. The number of amides is 2. The van der Waals surface area contributed by atoms with Gasteiger partial charge >= 0.3 is 5.97 Å². The number of rotatable bonds is 2. The molecule has 0 unspecified atom stereocenters. The fourth-order valence-electron chi connectivity index (χ4n) is 3.27. The highest BCUT2D eigenvalue weighted by molar-refractivity contribution is 6.25. The molecule has 2 aliphatic heterocycles. The average Bonchev–Trinajstić information content (AvgIpc) is 2.98. The largest absolute Gasteiger partial charge is 0.467 e. The fourth-order valence-corrected chi connectivity index (χ4v) is 3.27. The predicted octanol–water partition coefficient (Wildman–Crippen LogP) is 0.652. The first-order valence-corrected chi connectivity index (χ1v) is 6.97. The van der Waals surface area contributed by atoms with E-state index in [2.05, 4.69) is 4.99 Å². The van der Waals surface area contributed by atoms with Crippen LogP contribution in [0.15, 0.2) is 35.3 Å². The lowest BCUT2D eigenvalue weighted by molar-refractivity contribution is -0.151. The van der Waals surface area contributed by atoms with Crippen molar-refractivity contribution in [1.29, 1.82) is 0 Å². The molecule has 1 fully saturated rings. The Labute approximate surface area is 127 Å². The maximum absolute atomic E-state index is 12.5. The van der Waals surface area contributed by atoms with Gasteiger partial charge in [0.1, 0.15) is 0 Å². The second-order valence-electron chi connectivity index (χ2n) is 5.69. The van der Waals surface area contributed by atoms with Crippen molar-refractivity contribution in [2.75, 3.05) is 14.2 Å². The molecule has 0 saturated carbocycles. The Kier molecular flexibility index (Phi) is 3.12. The highest BCUT2D eigenvalue weighted by Gasteiger charge is 2.64. The van der Waals surface area contributed by atoms with Gasteiger partial charge in [0.2, 0.25) is 11.8 Å². The first-order chi connectivity index (χ1) is 10.4. The van der Waals surface area contributed by atoms with Crippen LogP contribution in [0.25, 0.3) is 0 Å². The molecule has 0 spiro atoms. The summed E-state index contributed by atoms with van der Waals surface area (Å²) in [4.78, 5) is 42.6. The molecule has 1 saturated heterocycles. The topological polar surface area (TPSA) is 76.0 Å². The average molecular weight is 300 g/mol. The Morgan fingerprint density at radius 3 is 2.45 bits per heavy atom. The van der Waals surface area contributed by atoms with E-state index in [9.17, 15) is 14.4 Å².